The van der Waals surface area contributed by atoms with E-state index in [9.17, 15) is 4.79 Å². The zero-order valence-corrected chi connectivity index (χ0v) is 9.18. The van der Waals surface area contributed by atoms with Crippen LogP contribution in [-0.4, -0.2) is 11.1 Å². The summed E-state index contributed by atoms with van der Waals surface area (Å²) in [4.78, 5) is 11.0. The predicted octanol–water partition coefficient (Wildman–Crippen LogP) is 3.20. The van der Waals surface area contributed by atoms with Gasteiger partial charge in [0.1, 0.15) is 4.49 Å². The first-order valence-corrected chi connectivity index (χ1v) is 5.59. The molecule has 0 bridgehead atoms. The van der Waals surface area contributed by atoms with E-state index < -0.39 is 5.97 Å². The van der Waals surface area contributed by atoms with Crippen LogP contribution >= 0.6 is 23.2 Å². The molecule has 0 amide bonds. The Balaban J connectivity index is 2.18. The first-order valence-electron chi connectivity index (χ1n) is 4.83. The Hall–Kier alpha value is -0.210. The summed E-state index contributed by atoms with van der Waals surface area (Å²) >= 11 is 11.2. The Morgan fingerprint density at radius 3 is 2.36 bits per heavy atom. The minimum Gasteiger partial charge on any atom is -0.481 e. The van der Waals surface area contributed by atoms with E-state index in [0.717, 1.165) is 25.7 Å². The lowest BCUT2D eigenvalue weighted by molar-refractivity contribution is -0.139. The maximum Gasteiger partial charge on any atom is 0.307 e. The molecule has 2 rings (SSSR count). The average Bonchev–Trinajstić information content (AvgIpc) is 2.48. The van der Waals surface area contributed by atoms with E-state index in [1.165, 1.54) is 0 Å². The van der Waals surface area contributed by atoms with Gasteiger partial charge in [-0.3, -0.25) is 4.79 Å². The minimum absolute atomic E-state index is 0.0130. The number of rotatable bonds is 2. The first kappa shape index (κ1) is 10.3. The summed E-state index contributed by atoms with van der Waals surface area (Å²) in [5.74, 6) is -0.896. The van der Waals surface area contributed by atoms with Crippen LogP contribution in [0.3, 0.4) is 0 Å². The average molecular weight is 235 g/mol. The first-order chi connectivity index (χ1) is 6.58. The van der Waals surface area contributed by atoms with Gasteiger partial charge < -0.3 is 5.11 Å². The van der Waals surface area contributed by atoms with E-state index in [1.807, 2.05) is 0 Å². The molecule has 1 N–H and O–H groups in total. The molecule has 0 aliphatic heterocycles. The fourth-order valence-corrected chi connectivity index (χ4v) is 3.27. The van der Waals surface area contributed by atoms with E-state index >= 15 is 0 Å². The Bertz CT molecular complexity index is 288. The van der Waals surface area contributed by atoms with Gasteiger partial charge in [0.15, 0.2) is 0 Å². The summed E-state index contributed by atoms with van der Waals surface area (Å²) < 4.78 is 0.199. The maximum absolute atomic E-state index is 11.0. The quantitative estimate of drug-likeness (QED) is 0.797. The molecular formula is C10H12Cl2O2. The molecule has 0 radical (unpaired) electrons. The van der Waals surface area contributed by atoms with Crippen molar-refractivity contribution in [3.63, 3.8) is 0 Å². The number of carboxylic acid groups (broad SMARTS) is 1. The van der Waals surface area contributed by atoms with E-state index in [-0.39, 0.29) is 21.7 Å². The third kappa shape index (κ3) is 1.45. The van der Waals surface area contributed by atoms with Gasteiger partial charge in [0.2, 0.25) is 0 Å². The Kier molecular flexibility index (Phi) is 2.52. The van der Waals surface area contributed by atoms with Gasteiger partial charge in [-0.2, -0.15) is 0 Å². The van der Waals surface area contributed by atoms with Gasteiger partial charge in [-0.25, -0.2) is 0 Å². The molecule has 4 heteroatoms. The van der Waals surface area contributed by atoms with Gasteiger partial charge in [0.25, 0.3) is 0 Å². The van der Waals surface area contributed by atoms with Gasteiger partial charge in [-0.05, 0) is 30.3 Å². The molecule has 0 heterocycles. The normalized spacial score (nSPS) is 33.0. The molecule has 2 aliphatic carbocycles. The molecule has 2 nitrogen and oxygen atoms in total. The second-order valence-corrected chi connectivity index (χ2v) is 5.25. The van der Waals surface area contributed by atoms with Gasteiger partial charge in [0.05, 0.1) is 5.92 Å². The van der Waals surface area contributed by atoms with Gasteiger partial charge in [-0.1, -0.05) is 36.0 Å². The standard InChI is InChI=1S/C10H12Cl2O2/c11-7(12)5-6-8(9(13)14)10(6)3-1-2-4-10/h5-6,8H,1-4H2,(H,13,14). The highest BCUT2D eigenvalue weighted by molar-refractivity contribution is 6.55. The van der Waals surface area contributed by atoms with Crippen molar-refractivity contribution in [2.45, 2.75) is 25.7 Å². The number of carbonyl (C=O) groups is 1. The van der Waals surface area contributed by atoms with Gasteiger partial charge >= 0.3 is 5.97 Å². The Morgan fingerprint density at radius 1 is 1.36 bits per heavy atom. The van der Waals surface area contributed by atoms with Crippen LogP contribution < -0.4 is 0 Å². The van der Waals surface area contributed by atoms with E-state index in [2.05, 4.69) is 0 Å². The summed E-state index contributed by atoms with van der Waals surface area (Å²) in [7, 11) is 0. The van der Waals surface area contributed by atoms with E-state index in [1.54, 1.807) is 6.08 Å². The molecule has 0 aromatic heterocycles. The zero-order chi connectivity index (χ0) is 10.3. The fourth-order valence-electron chi connectivity index (χ4n) is 3.00. The lowest BCUT2D eigenvalue weighted by atomic mass is 10.0. The molecule has 2 atom stereocenters. The lowest BCUT2D eigenvalue weighted by Gasteiger charge is -2.04. The van der Waals surface area contributed by atoms with Crippen molar-refractivity contribution in [2.75, 3.05) is 0 Å². The van der Waals surface area contributed by atoms with Crippen molar-refractivity contribution in [3.05, 3.63) is 10.6 Å². The number of hydrogen-bond donors (Lipinski definition) is 1. The van der Waals surface area contributed by atoms with Crippen molar-refractivity contribution in [1.29, 1.82) is 0 Å². The van der Waals surface area contributed by atoms with Crippen LogP contribution in [0.4, 0.5) is 0 Å². The monoisotopic (exact) mass is 234 g/mol. The van der Waals surface area contributed by atoms with Crippen molar-refractivity contribution >= 4 is 29.2 Å². The van der Waals surface area contributed by atoms with Crippen LogP contribution in [-0.2, 0) is 4.79 Å². The van der Waals surface area contributed by atoms with Crippen molar-refractivity contribution in [2.24, 2.45) is 17.3 Å². The van der Waals surface area contributed by atoms with Crippen LogP contribution in [0, 0.1) is 17.3 Å². The predicted molar refractivity (Wildman–Crippen MR) is 55.3 cm³/mol. The van der Waals surface area contributed by atoms with Crippen LogP contribution in [0.25, 0.3) is 0 Å². The summed E-state index contributed by atoms with van der Waals surface area (Å²) in [6, 6.07) is 0. The molecule has 2 aliphatic rings. The number of aliphatic carboxylic acids is 1. The number of allylic oxidation sites excluding steroid dienone is 1. The smallest absolute Gasteiger partial charge is 0.307 e. The highest BCUT2D eigenvalue weighted by atomic mass is 35.5. The molecule has 0 aromatic carbocycles. The Labute approximate surface area is 92.9 Å². The summed E-state index contributed by atoms with van der Waals surface area (Å²) in [6.45, 7) is 0. The van der Waals surface area contributed by atoms with E-state index in [0.29, 0.717) is 0 Å². The van der Waals surface area contributed by atoms with Crippen molar-refractivity contribution < 1.29 is 9.90 Å². The second-order valence-electron chi connectivity index (χ2n) is 4.24. The summed E-state index contributed by atoms with van der Waals surface area (Å²) in [5, 5.41) is 9.05. The highest BCUT2D eigenvalue weighted by Crippen LogP contribution is 2.68. The van der Waals surface area contributed by atoms with Crippen LogP contribution in [0.2, 0.25) is 0 Å². The zero-order valence-electron chi connectivity index (χ0n) is 7.67. The molecule has 0 saturated heterocycles. The van der Waals surface area contributed by atoms with Gasteiger partial charge in [0, 0.05) is 0 Å². The maximum atomic E-state index is 11.0. The van der Waals surface area contributed by atoms with Crippen LogP contribution in [0.5, 0.6) is 0 Å². The molecule has 0 aromatic rings. The fraction of sp³-hybridized carbons (Fsp3) is 0.700. The lowest BCUT2D eigenvalue weighted by Crippen LogP contribution is -2.06. The third-order valence-corrected chi connectivity index (χ3v) is 3.89. The number of carboxylic acids is 1. The SMILES string of the molecule is O=C(O)C1C(C=C(Cl)Cl)C12CCCC2. The van der Waals surface area contributed by atoms with Crippen molar-refractivity contribution in [1.82, 2.24) is 0 Å². The molecule has 2 saturated carbocycles. The van der Waals surface area contributed by atoms with E-state index in [4.69, 9.17) is 28.3 Å². The molecule has 78 valence electrons. The molecular weight excluding hydrogens is 223 g/mol. The largest absolute Gasteiger partial charge is 0.481 e. The summed E-state index contributed by atoms with van der Waals surface area (Å²) in [5.41, 5.74) is -0.0130. The molecule has 2 fully saturated rings. The highest BCUT2D eigenvalue weighted by Gasteiger charge is 2.67. The molecule has 2 unspecified atom stereocenters. The molecule has 14 heavy (non-hydrogen) atoms. The van der Waals surface area contributed by atoms with Gasteiger partial charge in [-0.15, -0.1) is 0 Å². The minimum atomic E-state index is -0.706. The second kappa shape index (κ2) is 3.42. The van der Waals surface area contributed by atoms with Crippen LogP contribution in [0.15, 0.2) is 10.6 Å². The topological polar surface area (TPSA) is 37.3 Å². The number of hydrogen-bond acceptors (Lipinski definition) is 1. The molecule has 1 spiro atoms. The van der Waals surface area contributed by atoms with Crippen LogP contribution in [0.1, 0.15) is 25.7 Å². The van der Waals surface area contributed by atoms with Crippen molar-refractivity contribution in [3.8, 4) is 0 Å². The third-order valence-electron chi connectivity index (χ3n) is 3.64. The summed E-state index contributed by atoms with van der Waals surface area (Å²) in [6.07, 6.45) is 5.98. The number of halogens is 2. The Morgan fingerprint density at radius 2 is 1.93 bits per heavy atom.